The van der Waals surface area contributed by atoms with Crippen LogP contribution in [0.3, 0.4) is 0 Å². The Bertz CT molecular complexity index is 1370. The Morgan fingerprint density at radius 3 is 2.05 bits per heavy atom. The van der Waals surface area contributed by atoms with Gasteiger partial charge in [-0.25, -0.2) is 0 Å². The molecule has 1 fully saturated rings. The fourth-order valence-electron chi connectivity index (χ4n) is 4.80. The number of rotatable bonds is 9. The van der Waals surface area contributed by atoms with Gasteiger partial charge in [0, 0.05) is 6.54 Å². The summed E-state index contributed by atoms with van der Waals surface area (Å²) in [6.45, 7) is 2.17. The molecule has 1 amide bonds. The van der Waals surface area contributed by atoms with Gasteiger partial charge in [0.1, 0.15) is 22.8 Å². The van der Waals surface area contributed by atoms with Gasteiger partial charge in [0.05, 0.1) is 40.1 Å². The summed E-state index contributed by atoms with van der Waals surface area (Å²) in [4.78, 5) is 28.4. The molecular formula is C30H31NO7. The molecular weight excluding hydrogens is 486 g/mol. The van der Waals surface area contributed by atoms with Gasteiger partial charge in [-0.2, -0.15) is 0 Å². The van der Waals surface area contributed by atoms with Crippen molar-refractivity contribution in [1.82, 2.24) is 4.90 Å². The minimum absolute atomic E-state index is 0.0179. The normalized spacial score (nSPS) is 16.4. The Labute approximate surface area is 222 Å². The first-order chi connectivity index (χ1) is 18.3. The third kappa shape index (κ3) is 4.89. The van der Waals surface area contributed by atoms with E-state index in [1.165, 1.54) is 19.1 Å². The van der Waals surface area contributed by atoms with E-state index in [0.717, 1.165) is 11.1 Å². The highest BCUT2D eigenvalue weighted by molar-refractivity contribution is 6.46. The summed E-state index contributed by atoms with van der Waals surface area (Å²) in [5.74, 6) is 0.00922. The molecule has 1 aliphatic rings. The highest BCUT2D eigenvalue weighted by atomic mass is 16.5. The number of aliphatic hydroxyl groups excluding tert-OH is 1. The number of benzene rings is 3. The van der Waals surface area contributed by atoms with Crippen molar-refractivity contribution in [2.24, 2.45) is 0 Å². The number of likely N-dealkylation sites (tertiary alicyclic amines) is 1. The molecule has 1 heterocycles. The van der Waals surface area contributed by atoms with Crippen LogP contribution in [0.2, 0.25) is 0 Å². The number of hydrogen-bond acceptors (Lipinski definition) is 7. The van der Waals surface area contributed by atoms with E-state index in [1.54, 1.807) is 38.5 Å². The van der Waals surface area contributed by atoms with Crippen molar-refractivity contribution < 1.29 is 33.6 Å². The summed E-state index contributed by atoms with van der Waals surface area (Å²) in [5.41, 5.74) is 2.78. The highest BCUT2D eigenvalue weighted by Gasteiger charge is 2.46. The Morgan fingerprint density at radius 2 is 1.45 bits per heavy atom. The molecule has 1 N–H and O–H groups in total. The molecule has 1 atom stereocenters. The van der Waals surface area contributed by atoms with Crippen molar-refractivity contribution in [3.05, 3.63) is 88.5 Å². The second-order valence-corrected chi connectivity index (χ2v) is 8.88. The van der Waals surface area contributed by atoms with Crippen LogP contribution in [-0.2, 0) is 16.0 Å². The van der Waals surface area contributed by atoms with Gasteiger partial charge in [0.25, 0.3) is 11.7 Å². The molecule has 8 heteroatoms. The van der Waals surface area contributed by atoms with E-state index in [4.69, 9.17) is 18.9 Å². The maximum Gasteiger partial charge on any atom is 0.295 e. The molecule has 1 unspecified atom stereocenters. The van der Waals surface area contributed by atoms with E-state index in [9.17, 15) is 14.7 Å². The van der Waals surface area contributed by atoms with E-state index in [1.807, 2.05) is 43.3 Å². The molecule has 0 aliphatic carbocycles. The Balaban J connectivity index is 1.82. The smallest absolute Gasteiger partial charge is 0.295 e. The minimum atomic E-state index is -0.801. The Kier molecular flexibility index (Phi) is 7.90. The monoisotopic (exact) mass is 517 g/mol. The van der Waals surface area contributed by atoms with Gasteiger partial charge in [-0.3, -0.25) is 9.59 Å². The lowest BCUT2D eigenvalue weighted by atomic mass is 9.93. The lowest BCUT2D eigenvalue weighted by Crippen LogP contribution is -2.31. The van der Waals surface area contributed by atoms with Crippen molar-refractivity contribution in [2.75, 3.05) is 35.0 Å². The number of ether oxygens (including phenoxy) is 4. The average molecular weight is 518 g/mol. The zero-order valence-electron chi connectivity index (χ0n) is 22.1. The van der Waals surface area contributed by atoms with Crippen LogP contribution in [0.1, 0.15) is 28.3 Å². The van der Waals surface area contributed by atoms with Crippen LogP contribution < -0.4 is 18.9 Å². The maximum absolute atomic E-state index is 13.5. The second-order valence-electron chi connectivity index (χ2n) is 8.88. The minimum Gasteiger partial charge on any atom is -0.506 e. The summed E-state index contributed by atoms with van der Waals surface area (Å²) < 4.78 is 21.6. The number of nitrogens with zero attached hydrogens (tertiary/aromatic N) is 1. The molecule has 38 heavy (non-hydrogen) atoms. The molecule has 4 rings (SSSR count). The SMILES string of the molecule is COc1ccc(CCN2C(=O)C(=O)/C(=C(/O)c3c(OC)cccc3OC)C2c2cccc(C)c2)cc1OC. The third-order valence-corrected chi connectivity index (χ3v) is 6.65. The number of hydrogen-bond donors (Lipinski definition) is 1. The number of carbonyl (C=O) groups is 2. The first kappa shape index (κ1) is 26.6. The van der Waals surface area contributed by atoms with Crippen LogP contribution >= 0.6 is 0 Å². The summed E-state index contributed by atoms with van der Waals surface area (Å²) in [5, 5.41) is 11.6. The van der Waals surface area contributed by atoms with Crippen LogP contribution in [0.25, 0.3) is 5.76 Å². The van der Waals surface area contributed by atoms with E-state index >= 15 is 0 Å². The first-order valence-corrected chi connectivity index (χ1v) is 12.1. The largest absolute Gasteiger partial charge is 0.506 e. The van der Waals surface area contributed by atoms with Gasteiger partial charge in [-0.1, -0.05) is 42.0 Å². The standard InChI is InChI=1S/C30H31NO7/c1-18-8-6-9-20(16-18)27-26(28(32)25-22(36-3)10-7-11-23(25)37-4)29(33)30(34)31(27)15-14-19-12-13-21(35-2)24(17-19)38-5/h6-13,16-17,27,32H,14-15H2,1-5H3/b28-26+. The Hall–Kier alpha value is -4.46. The van der Waals surface area contributed by atoms with Gasteiger partial charge in [0.2, 0.25) is 0 Å². The quantitative estimate of drug-likeness (QED) is 0.250. The molecule has 0 radical (unpaired) electrons. The fraction of sp³-hybridized carbons (Fsp3) is 0.267. The molecule has 8 nitrogen and oxygen atoms in total. The van der Waals surface area contributed by atoms with E-state index in [2.05, 4.69) is 0 Å². The molecule has 0 spiro atoms. The molecule has 0 saturated carbocycles. The Morgan fingerprint density at radius 1 is 0.816 bits per heavy atom. The molecule has 3 aromatic rings. The second kappa shape index (κ2) is 11.3. The van der Waals surface area contributed by atoms with Crippen molar-refractivity contribution in [2.45, 2.75) is 19.4 Å². The summed E-state index contributed by atoms with van der Waals surface area (Å²) in [6.07, 6.45) is 0.452. The van der Waals surface area contributed by atoms with Crippen LogP contribution in [0.15, 0.2) is 66.2 Å². The maximum atomic E-state index is 13.5. The molecule has 1 saturated heterocycles. The van der Waals surface area contributed by atoms with E-state index < -0.39 is 17.7 Å². The number of methoxy groups -OCH3 is 4. The fourth-order valence-corrected chi connectivity index (χ4v) is 4.80. The van der Waals surface area contributed by atoms with Crippen molar-refractivity contribution in [1.29, 1.82) is 0 Å². The molecule has 198 valence electrons. The summed E-state index contributed by atoms with van der Waals surface area (Å²) >= 11 is 0. The van der Waals surface area contributed by atoms with Gasteiger partial charge in [0.15, 0.2) is 11.5 Å². The zero-order chi connectivity index (χ0) is 27.4. The van der Waals surface area contributed by atoms with Crippen LogP contribution in [-0.4, -0.2) is 56.7 Å². The third-order valence-electron chi connectivity index (χ3n) is 6.65. The molecule has 1 aliphatic heterocycles. The van der Waals surface area contributed by atoms with Crippen molar-refractivity contribution in [3.8, 4) is 23.0 Å². The van der Waals surface area contributed by atoms with Crippen molar-refractivity contribution in [3.63, 3.8) is 0 Å². The summed E-state index contributed by atoms with van der Waals surface area (Å²) in [6, 6.07) is 17.3. The number of ketones is 1. The molecule has 3 aromatic carbocycles. The lowest BCUT2D eigenvalue weighted by molar-refractivity contribution is -0.139. The molecule has 0 aromatic heterocycles. The van der Waals surface area contributed by atoms with Crippen LogP contribution in [0, 0.1) is 6.92 Å². The average Bonchev–Trinajstić information content (AvgIpc) is 3.19. The van der Waals surface area contributed by atoms with Crippen LogP contribution in [0.5, 0.6) is 23.0 Å². The van der Waals surface area contributed by atoms with Gasteiger partial charge in [-0.05, 0) is 48.7 Å². The van der Waals surface area contributed by atoms with Gasteiger partial charge < -0.3 is 29.0 Å². The number of aliphatic hydroxyl groups is 1. The van der Waals surface area contributed by atoms with E-state index in [0.29, 0.717) is 35.0 Å². The zero-order valence-corrected chi connectivity index (χ0v) is 22.1. The van der Waals surface area contributed by atoms with Gasteiger partial charge in [-0.15, -0.1) is 0 Å². The molecule has 0 bridgehead atoms. The number of amides is 1. The number of aryl methyl sites for hydroxylation is 1. The number of carbonyl (C=O) groups excluding carboxylic acids is 2. The van der Waals surface area contributed by atoms with Crippen molar-refractivity contribution >= 4 is 17.4 Å². The summed E-state index contributed by atoms with van der Waals surface area (Å²) in [7, 11) is 6.05. The van der Waals surface area contributed by atoms with Gasteiger partial charge >= 0.3 is 0 Å². The lowest BCUT2D eigenvalue weighted by Gasteiger charge is -2.26. The first-order valence-electron chi connectivity index (χ1n) is 12.1. The van der Waals surface area contributed by atoms with Crippen LogP contribution in [0.4, 0.5) is 0 Å². The number of Topliss-reactive ketones (excluding diaryl/α,β-unsaturated/α-hetero) is 1. The van der Waals surface area contributed by atoms with E-state index in [-0.39, 0.29) is 23.4 Å². The topological polar surface area (TPSA) is 94.5 Å². The predicted molar refractivity (Wildman–Crippen MR) is 143 cm³/mol. The predicted octanol–water partition coefficient (Wildman–Crippen LogP) is 4.69. The highest BCUT2D eigenvalue weighted by Crippen LogP contribution is 2.43.